The molecular weight excluding hydrogens is 356 g/mol. The Morgan fingerprint density at radius 2 is 2.07 bits per heavy atom. The van der Waals surface area contributed by atoms with E-state index >= 15 is 0 Å². The van der Waals surface area contributed by atoms with Gasteiger partial charge in [0.1, 0.15) is 6.10 Å². The van der Waals surface area contributed by atoms with E-state index in [0.717, 1.165) is 77.7 Å². The molecule has 1 aromatic heterocycles. The van der Waals surface area contributed by atoms with Crippen LogP contribution in [0.2, 0.25) is 0 Å². The van der Waals surface area contributed by atoms with E-state index in [1.807, 2.05) is 17.4 Å². The molecule has 3 aliphatic heterocycles. The van der Waals surface area contributed by atoms with Gasteiger partial charge in [-0.1, -0.05) is 0 Å². The fourth-order valence-corrected chi connectivity index (χ4v) is 4.92. The molecule has 4 heterocycles. The molecular formula is C21H32N4O3. The molecule has 0 unspecified atom stereocenters. The van der Waals surface area contributed by atoms with Gasteiger partial charge in [0.05, 0.1) is 6.33 Å². The first-order valence-electron chi connectivity index (χ1n) is 10.8. The highest BCUT2D eigenvalue weighted by molar-refractivity contribution is 5.81. The SMILES string of the molecule is O=C1CCC2(CCN(C(=O)[C@@H]3CCCCO3)CC2)CN1CCCn1ccnc1. The number of amides is 2. The second kappa shape index (κ2) is 8.64. The van der Waals surface area contributed by atoms with Crippen molar-refractivity contribution < 1.29 is 14.3 Å². The van der Waals surface area contributed by atoms with Gasteiger partial charge in [-0.2, -0.15) is 0 Å². The topological polar surface area (TPSA) is 67.7 Å². The molecule has 1 aromatic rings. The lowest BCUT2D eigenvalue weighted by atomic mass is 9.72. The summed E-state index contributed by atoms with van der Waals surface area (Å²) in [7, 11) is 0. The molecule has 0 aromatic carbocycles. The van der Waals surface area contributed by atoms with E-state index in [9.17, 15) is 9.59 Å². The third-order valence-corrected chi connectivity index (χ3v) is 6.74. The summed E-state index contributed by atoms with van der Waals surface area (Å²) < 4.78 is 7.74. The van der Waals surface area contributed by atoms with Gasteiger partial charge >= 0.3 is 0 Å². The number of carbonyl (C=O) groups is 2. The summed E-state index contributed by atoms with van der Waals surface area (Å²) in [4.78, 5) is 33.3. The Hall–Kier alpha value is -1.89. The van der Waals surface area contributed by atoms with E-state index in [1.54, 1.807) is 6.20 Å². The van der Waals surface area contributed by atoms with Crippen LogP contribution >= 0.6 is 0 Å². The number of aryl methyl sites for hydroxylation is 1. The van der Waals surface area contributed by atoms with E-state index in [1.165, 1.54) is 0 Å². The predicted octanol–water partition coefficient (Wildman–Crippen LogP) is 2.07. The fourth-order valence-electron chi connectivity index (χ4n) is 4.92. The molecule has 4 rings (SSSR count). The van der Waals surface area contributed by atoms with E-state index in [2.05, 4.69) is 14.5 Å². The highest BCUT2D eigenvalue weighted by Crippen LogP contribution is 2.40. The van der Waals surface area contributed by atoms with E-state index < -0.39 is 0 Å². The Kier molecular flexibility index (Phi) is 5.99. The molecule has 1 spiro atoms. The third-order valence-electron chi connectivity index (χ3n) is 6.74. The average Bonchev–Trinajstić information content (AvgIpc) is 3.25. The summed E-state index contributed by atoms with van der Waals surface area (Å²) in [6.45, 7) is 4.85. The summed E-state index contributed by atoms with van der Waals surface area (Å²) in [5.74, 6) is 0.462. The van der Waals surface area contributed by atoms with Crippen LogP contribution in [0.15, 0.2) is 18.7 Å². The molecule has 3 saturated heterocycles. The van der Waals surface area contributed by atoms with Crippen LogP contribution < -0.4 is 0 Å². The molecule has 2 amide bonds. The van der Waals surface area contributed by atoms with Gasteiger partial charge in [0.25, 0.3) is 5.91 Å². The van der Waals surface area contributed by atoms with E-state index in [0.29, 0.717) is 13.0 Å². The maximum Gasteiger partial charge on any atom is 0.251 e. The monoisotopic (exact) mass is 388 g/mol. The first-order chi connectivity index (χ1) is 13.7. The quantitative estimate of drug-likeness (QED) is 0.774. The van der Waals surface area contributed by atoms with Crippen LogP contribution in [0.3, 0.4) is 0 Å². The predicted molar refractivity (Wildman–Crippen MR) is 104 cm³/mol. The number of imidazole rings is 1. The highest BCUT2D eigenvalue weighted by atomic mass is 16.5. The van der Waals surface area contributed by atoms with Crippen molar-refractivity contribution in [1.82, 2.24) is 19.4 Å². The van der Waals surface area contributed by atoms with E-state index in [4.69, 9.17) is 4.74 Å². The van der Waals surface area contributed by atoms with Gasteiger partial charge in [-0.25, -0.2) is 4.98 Å². The zero-order chi connectivity index (χ0) is 19.4. The Balaban J connectivity index is 1.27. The van der Waals surface area contributed by atoms with Crippen LogP contribution in [0.25, 0.3) is 0 Å². The normalized spacial score (nSPS) is 25.3. The standard InChI is InChI=1S/C21H32N4O3/c26-19-5-6-21(16-25(19)11-3-10-23-14-9-22-17-23)7-12-24(13-8-21)20(27)18-4-1-2-15-28-18/h9,14,17-18H,1-8,10-13,15-16H2/t18-/m0/s1. The van der Waals surface area contributed by atoms with Gasteiger partial charge in [0, 0.05) is 58.1 Å². The lowest BCUT2D eigenvalue weighted by molar-refractivity contribution is -0.151. The number of nitrogens with zero attached hydrogens (tertiary/aromatic N) is 4. The molecule has 154 valence electrons. The largest absolute Gasteiger partial charge is 0.368 e. The molecule has 0 N–H and O–H groups in total. The van der Waals surface area contributed by atoms with Crippen molar-refractivity contribution in [3.05, 3.63) is 18.7 Å². The molecule has 0 bridgehead atoms. The number of aromatic nitrogens is 2. The molecule has 3 aliphatic rings. The Morgan fingerprint density at radius 3 is 2.79 bits per heavy atom. The Labute approximate surface area is 167 Å². The van der Waals surface area contributed by atoms with Crippen molar-refractivity contribution in [2.45, 2.75) is 64.0 Å². The van der Waals surface area contributed by atoms with Crippen LogP contribution in [-0.4, -0.2) is 70.1 Å². The van der Waals surface area contributed by atoms with Crippen LogP contribution in [0.4, 0.5) is 0 Å². The summed E-state index contributed by atoms with van der Waals surface area (Å²) >= 11 is 0. The second-order valence-electron chi connectivity index (χ2n) is 8.65. The zero-order valence-electron chi connectivity index (χ0n) is 16.7. The van der Waals surface area contributed by atoms with Crippen molar-refractivity contribution in [2.75, 3.05) is 32.8 Å². The van der Waals surface area contributed by atoms with Gasteiger partial charge in [0.15, 0.2) is 0 Å². The summed E-state index contributed by atoms with van der Waals surface area (Å²) in [5, 5.41) is 0. The van der Waals surface area contributed by atoms with Gasteiger partial charge in [-0.3, -0.25) is 9.59 Å². The fraction of sp³-hybridized carbons (Fsp3) is 0.762. The van der Waals surface area contributed by atoms with Gasteiger partial charge in [-0.05, 0) is 50.4 Å². The summed E-state index contributed by atoms with van der Waals surface area (Å²) in [5.41, 5.74) is 0.188. The van der Waals surface area contributed by atoms with Crippen LogP contribution in [0, 0.1) is 5.41 Å². The maximum atomic E-state index is 12.7. The number of hydrogen-bond acceptors (Lipinski definition) is 4. The number of piperidine rings is 2. The average molecular weight is 389 g/mol. The van der Waals surface area contributed by atoms with Crippen molar-refractivity contribution >= 4 is 11.8 Å². The molecule has 28 heavy (non-hydrogen) atoms. The van der Waals surface area contributed by atoms with Crippen molar-refractivity contribution in [3.8, 4) is 0 Å². The Morgan fingerprint density at radius 1 is 1.21 bits per heavy atom. The minimum atomic E-state index is -0.226. The molecule has 0 aliphatic carbocycles. The molecule has 0 saturated carbocycles. The van der Waals surface area contributed by atoms with Crippen molar-refractivity contribution in [2.24, 2.45) is 5.41 Å². The minimum absolute atomic E-state index is 0.179. The second-order valence-corrected chi connectivity index (χ2v) is 8.65. The molecule has 7 heteroatoms. The maximum absolute atomic E-state index is 12.7. The molecule has 3 fully saturated rings. The molecule has 0 radical (unpaired) electrons. The van der Waals surface area contributed by atoms with Crippen molar-refractivity contribution in [3.63, 3.8) is 0 Å². The lowest BCUT2D eigenvalue weighted by Crippen LogP contribution is -2.54. The number of rotatable bonds is 5. The van der Waals surface area contributed by atoms with Crippen molar-refractivity contribution in [1.29, 1.82) is 0 Å². The minimum Gasteiger partial charge on any atom is -0.368 e. The van der Waals surface area contributed by atoms with Gasteiger partial charge in [0.2, 0.25) is 5.91 Å². The van der Waals surface area contributed by atoms with Gasteiger partial charge in [-0.15, -0.1) is 0 Å². The summed E-state index contributed by atoms with van der Waals surface area (Å²) in [6.07, 6.45) is 12.9. The molecule has 7 nitrogen and oxygen atoms in total. The van der Waals surface area contributed by atoms with Crippen LogP contribution in [0.1, 0.15) is 51.4 Å². The third kappa shape index (κ3) is 4.40. The first-order valence-corrected chi connectivity index (χ1v) is 10.8. The van der Waals surface area contributed by atoms with Crippen LogP contribution in [-0.2, 0) is 20.9 Å². The zero-order valence-corrected chi connectivity index (χ0v) is 16.7. The lowest BCUT2D eigenvalue weighted by Gasteiger charge is -2.48. The van der Waals surface area contributed by atoms with E-state index in [-0.39, 0.29) is 23.3 Å². The number of hydrogen-bond donors (Lipinski definition) is 0. The van der Waals surface area contributed by atoms with Crippen LogP contribution in [0.5, 0.6) is 0 Å². The first kappa shape index (κ1) is 19.4. The highest BCUT2D eigenvalue weighted by Gasteiger charge is 2.42. The number of carbonyl (C=O) groups excluding carboxylic acids is 2. The number of ether oxygens (including phenoxy) is 1. The smallest absolute Gasteiger partial charge is 0.251 e. The number of likely N-dealkylation sites (tertiary alicyclic amines) is 2. The Bertz CT molecular complexity index is 661. The summed E-state index contributed by atoms with van der Waals surface area (Å²) in [6, 6.07) is 0. The molecule has 1 atom stereocenters. The van der Waals surface area contributed by atoms with Gasteiger partial charge < -0.3 is 19.1 Å².